The van der Waals surface area contributed by atoms with Gasteiger partial charge in [0.2, 0.25) is 5.95 Å². The monoisotopic (exact) mass is 312 g/mol. The first-order chi connectivity index (χ1) is 11.0. The number of aryl methyl sites for hydroxylation is 2. The molecule has 0 aliphatic rings. The quantitative estimate of drug-likeness (QED) is 0.851. The van der Waals surface area contributed by atoms with Gasteiger partial charge in [0.25, 0.3) is 5.91 Å². The van der Waals surface area contributed by atoms with E-state index in [1.807, 2.05) is 32.0 Å². The third-order valence-electron chi connectivity index (χ3n) is 3.68. The van der Waals surface area contributed by atoms with E-state index in [9.17, 15) is 4.79 Å². The van der Waals surface area contributed by atoms with Gasteiger partial charge in [-0.15, -0.1) is 0 Å². The zero-order valence-electron chi connectivity index (χ0n) is 14.2. The van der Waals surface area contributed by atoms with Crippen LogP contribution in [0.15, 0.2) is 30.6 Å². The first kappa shape index (κ1) is 16.9. The van der Waals surface area contributed by atoms with Crippen LogP contribution in [-0.2, 0) is 0 Å². The predicted octanol–water partition coefficient (Wildman–Crippen LogP) is 3.80. The molecule has 0 unspecified atom stereocenters. The summed E-state index contributed by atoms with van der Waals surface area (Å²) in [6.45, 7) is 9.23. The van der Waals surface area contributed by atoms with Crippen LogP contribution in [0, 0.1) is 19.8 Å². The zero-order valence-corrected chi connectivity index (χ0v) is 14.2. The Bertz CT molecular complexity index is 665. The normalized spacial score (nSPS) is 10.7. The second kappa shape index (κ2) is 7.72. The molecule has 0 saturated heterocycles. The predicted molar refractivity (Wildman–Crippen MR) is 93.8 cm³/mol. The molecule has 23 heavy (non-hydrogen) atoms. The lowest BCUT2D eigenvalue weighted by Gasteiger charge is -2.09. The van der Waals surface area contributed by atoms with Crippen molar-refractivity contribution in [2.45, 2.75) is 34.1 Å². The lowest BCUT2D eigenvalue weighted by Crippen LogP contribution is -2.14. The summed E-state index contributed by atoms with van der Waals surface area (Å²) in [6, 6.07) is 5.84. The Morgan fingerprint density at radius 1 is 1.13 bits per heavy atom. The highest BCUT2D eigenvalue weighted by atomic mass is 16.1. The highest BCUT2D eigenvalue weighted by Crippen LogP contribution is 2.15. The van der Waals surface area contributed by atoms with Gasteiger partial charge in [-0.3, -0.25) is 4.79 Å². The molecule has 2 rings (SSSR count). The molecule has 1 amide bonds. The van der Waals surface area contributed by atoms with Crippen molar-refractivity contribution in [1.29, 1.82) is 0 Å². The van der Waals surface area contributed by atoms with Crippen LogP contribution in [0.1, 0.15) is 41.8 Å². The van der Waals surface area contributed by atoms with Crippen LogP contribution >= 0.6 is 0 Å². The third kappa shape index (κ3) is 5.06. The minimum Gasteiger partial charge on any atom is -0.354 e. The third-order valence-corrected chi connectivity index (χ3v) is 3.68. The Labute approximate surface area is 137 Å². The van der Waals surface area contributed by atoms with Crippen molar-refractivity contribution in [3.8, 4) is 0 Å². The van der Waals surface area contributed by atoms with E-state index in [-0.39, 0.29) is 5.91 Å². The van der Waals surface area contributed by atoms with Gasteiger partial charge >= 0.3 is 0 Å². The van der Waals surface area contributed by atoms with Crippen LogP contribution in [0.2, 0.25) is 0 Å². The fourth-order valence-corrected chi connectivity index (χ4v) is 2.03. The number of amides is 1. The second-order valence-corrected chi connectivity index (χ2v) is 6.16. The van der Waals surface area contributed by atoms with Crippen molar-refractivity contribution in [3.05, 3.63) is 47.3 Å². The molecule has 2 aromatic rings. The summed E-state index contributed by atoms with van der Waals surface area (Å²) in [7, 11) is 0. The molecule has 1 aromatic heterocycles. The molecule has 5 heteroatoms. The van der Waals surface area contributed by atoms with Crippen LogP contribution in [-0.4, -0.2) is 22.4 Å². The van der Waals surface area contributed by atoms with E-state index in [1.54, 1.807) is 12.4 Å². The largest absolute Gasteiger partial charge is 0.354 e. The van der Waals surface area contributed by atoms with E-state index < -0.39 is 0 Å². The molecule has 1 aromatic carbocycles. The van der Waals surface area contributed by atoms with Crippen molar-refractivity contribution < 1.29 is 4.79 Å². The topological polar surface area (TPSA) is 66.9 Å². The Hall–Kier alpha value is -2.43. The Morgan fingerprint density at radius 3 is 2.43 bits per heavy atom. The van der Waals surface area contributed by atoms with Crippen molar-refractivity contribution >= 4 is 17.5 Å². The Morgan fingerprint density at radius 2 is 1.83 bits per heavy atom. The summed E-state index contributed by atoms with van der Waals surface area (Å²) in [6.07, 6.45) is 4.14. The first-order valence-electron chi connectivity index (χ1n) is 7.90. The lowest BCUT2D eigenvalue weighted by molar-refractivity contribution is 0.102. The van der Waals surface area contributed by atoms with Gasteiger partial charge in [-0.05, 0) is 49.4 Å². The van der Waals surface area contributed by atoms with Gasteiger partial charge in [0.05, 0.1) is 5.56 Å². The Kier molecular flexibility index (Phi) is 5.68. The van der Waals surface area contributed by atoms with Gasteiger partial charge in [0.15, 0.2) is 0 Å². The summed E-state index contributed by atoms with van der Waals surface area (Å²) in [5.41, 5.74) is 3.56. The van der Waals surface area contributed by atoms with Crippen LogP contribution in [0.3, 0.4) is 0 Å². The first-order valence-corrected chi connectivity index (χ1v) is 7.90. The van der Waals surface area contributed by atoms with E-state index in [0.29, 0.717) is 17.4 Å². The number of benzene rings is 1. The van der Waals surface area contributed by atoms with E-state index in [4.69, 9.17) is 0 Å². The molecule has 0 aliphatic carbocycles. The van der Waals surface area contributed by atoms with Crippen LogP contribution in [0.25, 0.3) is 0 Å². The summed E-state index contributed by atoms with van der Waals surface area (Å²) >= 11 is 0. The van der Waals surface area contributed by atoms with Crippen LogP contribution < -0.4 is 10.6 Å². The summed E-state index contributed by atoms with van der Waals surface area (Å²) in [5.74, 6) is 0.973. The van der Waals surface area contributed by atoms with Crippen molar-refractivity contribution in [1.82, 2.24) is 9.97 Å². The average Bonchev–Trinajstić information content (AvgIpc) is 2.51. The van der Waals surface area contributed by atoms with Gasteiger partial charge in [0.1, 0.15) is 0 Å². The summed E-state index contributed by atoms with van der Waals surface area (Å²) < 4.78 is 0. The molecule has 122 valence electrons. The second-order valence-electron chi connectivity index (χ2n) is 6.16. The number of anilines is 2. The van der Waals surface area contributed by atoms with Crippen LogP contribution in [0.4, 0.5) is 11.6 Å². The molecule has 2 N–H and O–H groups in total. The van der Waals surface area contributed by atoms with Gasteiger partial charge in [-0.25, -0.2) is 9.97 Å². The van der Waals surface area contributed by atoms with Crippen molar-refractivity contribution in [3.63, 3.8) is 0 Å². The number of nitrogens with zero attached hydrogens (tertiary/aromatic N) is 2. The number of carbonyl (C=O) groups is 1. The smallest absolute Gasteiger partial charge is 0.258 e. The number of hydrogen-bond acceptors (Lipinski definition) is 4. The number of rotatable bonds is 6. The maximum absolute atomic E-state index is 12.2. The van der Waals surface area contributed by atoms with Crippen molar-refractivity contribution in [2.24, 2.45) is 5.92 Å². The van der Waals surface area contributed by atoms with Crippen LogP contribution in [0.5, 0.6) is 0 Å². The molecule has 0 atom stereocenters. The highest BCUT2D eigenvalue weighted by Gasteiger charge is 2.08. The molecule has 0 spiro atoms. The minimum absolute atomic E-state index is 0.206. The van der Waals surface area contributed by atoms with E-state index in [0.717, 1.165) is 24.2 Å². The molecular formula is C18H24N4O. The van der Waals surface area contributed by atoms with E-state index >= 15 is 0 Å². The molecule has 1 heterocycles. The molecule has 0 aliphatic heterocycles. The summed E-state index contributed by atoms with van der Waals surface area (Å²) in [5, 5.41) is 6.02. The molecule has 5 nitrogen and oxygen atoms in total. The zero-order chi connectivity index (χ0) is 16.8. The molecule has 0 bridgehead atoms. The van der Waals surface area contributed by atoms with Gasteiger partial charge in [0, 0.05) is 24.6 Å². The number of nitrogens with one attached hydrogen (secondary N) is 2. The maximum atomic E-state index is 12.2. The van der Waals surface area contributed by atoms with E-state index in [1.165, 1.54) is 5.56 Å². The molecular weight excluding hydrogens is 288 g/mol. The fraction of sp³-hybridized carbons (Fsp3) is 0.389. The van der Waals surface area contributed by atoms with E-state index in [2.05, 4.69) is 34.4 Å². The minimum atomic E-state index is -0.206. The van der Waals surface area contributed by atoms with Crippen molar-refractivity contribution in [2.75, 3.05) is 17.2 Å². The fourth-order valence-electron chi connectivity index (χ4n) is 2.03. The highest BCUT2D eigenvalue weighted by molar-refractivity contribution is 6.03. The van der Waals surface area contributed by atoms with Gasteiger partial charge in [-0.2, -0.15) is 0 Å². The molecule has 0 fully saturated rings. The van der Waals surface area contributed by atoms with Gasteiger partial charge < -0.3 is 10.6 Å². The Balaban J connectivity index is 1.95. The standard InChI is InChI=1S/C18H24N4O/c1-12(2)7-8-19-18-20-10-15(11-21-18)17(23)22-16-6-5-13(3)14(4)9-16/h5-6,9-12H,7-8H2,1-4H3,(H,22,23)(H,19,20,21). The SMILES string of the molecule is Cc1ccc(NC(=O)c2cnc(NCCC(C)C)nc2)cc1C. The average molecular weight is 312 g/mol. The van der Waals surface area contributed by atoms with Gasteiger partial charge in [-0.1, -0.05) is 19.9 Å². The number of carbonyl (C=O) groups excluding carboxylic acids is 1. The molecule has 0 radical (unpaired) electrons. The number of aromatic nitrogens is 2. The molecule has 0 saturated carbocycles. The summed E-state index contributed by atoms with van der Waals surface area (Å²) in [4.78, 5) is 20.6. The maximum Gasteiger partial charge on any atom is 0.258 e. The lowest BCUT2D eigenvalue weighted by atomic mass is 10.1. The number of hydrogen-bond donors (Lipinski definition) is 2.